The molecule has 0 spiro atoms. The predicted octanol–water partition coefficient (Wildman–Crippen LogP) is -2.46. The number of β-lactam (4-membered cyclic amide) rings is 1. The number of nitrogens with zero attached hydrogens (tertiary/aromatic N) is 2. The molecule has 29 heavy (non-hydrogen) atoms. The Balaban J connectivity index is 1.85. The molecule has 0 radical (unpaired) electrons. The number of pyridine rings is 1. The third-order valence-electron chi connectivity index (χ3n) is 4.62. The molecule has 2 amide bonds. The number of thioether (sulfide) groups is 1. The zero-order valence-corrected chi connectivity index (χ0v) is 16.3. The summed E-state index contributed by atoms with van der Waals surface area (Å²) in [5.74, 6) is -1.49. The van der Waals surface area contributed by atoms with Crippen molar-refractivity contribution < 1.29 is 29.2 Å². The first-order valence-electron chi connectivity index (χ1n) is 8.56. The van der Waals surface area contributed by atoms with Gasteiger partial charge >= 0.3 is 18.0 Å². The molecule has 0 aromatic carbocycles. The summed E-state index contributed by atoms with van der Waals surface area (Å²) in [6.07, 6.45) is 2.20. The van der Waals surface area contributed by atoms with Crippen LogP contribution in [0.2, 0.25) is 0 Å². The van der Waals surface area contributed by atoms with Crippen LogP contribution >= 0.6 is 11.8 Å². The van der Waals surface area contributed by atoms with Crippen LogP contribution in [-0.4, -0.2) is 61.7 Å². The number of nitrogens with one attached hydrogen (secondary N) is 1. The molecule has 8 N–H and O–H groups in total. The number of carboxylic acids is 1. The number of aromatic nitrogens is 1. The summed E-state index contributed by atoms with van der Waals surface area (Å²) < 4.78 is 3.80. The SMILES string of the molecule is C[C@@]1(COC(N)=O)SC2/C(=C\c3cc(C[NH+]=C(N)N)ccn3)C(=O)N2C1C(=O)O. The minimum Gasteiger partial charge on any atom is -0.480 e. The van der Waals surface area contributed by atoms with Crippen molar-refractivity contribution in [1.29, 1.82) is 0 Å². The van der Waals surface area contributed by atoms with Gasteiger partial charge in [0.2, 0.25) is 0 Å². The molecule has 11 nitrogen and oxygen atoms in total. The molecule has 0 saturated carbocycles. The van der Waals surface area contributed by atoms with E-state index in [9.17, 15) is 19.5 Å². The minimum atomic E-state index is -1.18. The van der Waals surface area contributed by atoms with Crippen molar-refractivity contribution in [3.8, 4) is 0 Å². The van der Waals surface area contributed by atoms with Crippen LogP contribution < -0.4 is 22.2 Å². The largest absolute Gasteiger partial charge is 0.480 e. The van der Waals surface area contributed by atoms with Gasteiger partial charge in [-0.15, -0.1) is 11.8 Å². The van der Waals surface area contributed by atoms with Gasteiger partial charge in [0.15, 0.2) is 0 Å². The number of fused-ring (bicyclic) bond motifs is 1. The van der Waals surface area contributed by atoms with Crippen LogP contribution in [0.1, 0.15) is 18.2 Å². The molecule has 0 bridgehead atoms. The fourth-order valence-corrected chi connectivity index (χ4v) is 4.93. The van der Waals surface area contributed by atoms with Gasteiger partial charge in [0.25, 0.3) is 5.91 Å². The summed E-state index contributed by atoms with van der Waals surface area (Å²) in [4.78, 5) is 43.7. The highest BCUT2D eigenvalue weighted by molar-refractivity contribution is 8.02. The summed E-state index contributed by atoms with van der Waals surface area (Å²) >= 11 is 1.24. The third kappa shape index (κ3) is 3.97. The molecule has 3 heterocycles. The second-order valence-electron chi connectivity index (χ2n) is 6.84. The molecule has 154 valence electrons. The van der Waals surface area contributed by atoms with E-state index in [1.54, 1.807) is 31.3 Å². The van der Waals surface area contributed by atoms with Crippen LogP contribution in [0.5, 0.6) is 0 Å². The van der Waals surface area contributed by atoms with Crippen LogP contribution in [0.15, 0.2) is 23.9 Å². The van der Waals surface area contributed by atoms with Crippen molar-refractivity contribution in [2.75, 3.05) is 6.61 Å². The van der Waals surface area contributed by atoms with Gasteiger partial charge in [0, 0.05) is 6.20 Å². The Hall–Kier alpha value is -3.28. The molecule has 3 rings (SSSR count). The topological polar surface area (TPSA) is 189 Å². The van der Waals surface area contributed by atoms with Gasteiger partial charge in [-0.1, -0.05) is 0 Å². The number of hydrogen-bond donors (Lipinski definition) is 5. The second-order valence-corrected chi connectivity index (χ2v) is 8.46. The van der Waals surface area contributed by atoms with Crippen molar-refractivity contribution in [3.05, 3.63) is 35.2 Å². The number of guanidine groups is 1. The Bertz CT molecular complexity index is 931. The number of aliphatic carboxylic acids is 1. The first-order valence-corrected chi connectivity index (χ1v) is 9.44. The average Bonchev–Trinajstić information content (AvgIpc) is 2.94. The molecule has 2 aliphatic rings. The Morgan fingerprint density at radius 2 is 2.17 bits per heavy atom. The van der Waals surface area contributed by atoms with Crippen molar-refractivity contribution >= 4 is 41.8 Å². The molecule has 2 aliphatic heterocycles. The van der Waals surface area contributed by atoms with Gasteiger partial charge in [-0.25, -0.2) is 9.59 Å². The van der Waals surface area contributed by atoms with Crippen molar-refractivity contribution in [1.82, 2.24) is 9.88 Å². The van der Waals surface area contributed by atoms with E-state index in [4.69, 9.17) is 21.9 Å². The van der Waals surface area contributed by atoms with Crippen LogP contribution in [0, 0.1) is 0 Å². The summed E-state index contributed by atoms with van der Waals surface area (Å²) in [7, 11) is 0. The number of carbonyl (C=O) groups is 3. The number of carboxylic acid groups (broad SMARTS) is 1. The van der Waals surface area contributed by atoms with Crippen molar-refractivity contribution in [2.45, 2.75) is 29.6 Å². The van der Waals surface area contributed by atoms with Crippen LogP contribution in [0.25, 0.3) is 6.08 Å². The summed E-state index contributed by atoms with van der Waals surface area (Å²) in [5, 5.41) is 9.15. The fourth-order valence-electron chi connectivity index (χ4n) is 3.32. The van der Waals surface area contributed by atoms with Crippen LogP contribution in [0.3, 0.4) is 0 Å². The standard InChI is InChI=1S/C17H20N6O5S/c1-17(7-28-16(20)27)11(14(25)26)23-12(24)10(13(23)29-17)5-9-4-8(2-3-21-9)6-22-15(18)19/h2-5,11,13H,6-7H2,1H3,(H2,20,27)(H,25,26)(H4,18,19,22)/p+1/b10-5-/t11?,13?,17-/m0/s1. The predicted molar refractivity (Wildman–Crippen MR) is 104 cm³/mol. The Kier molecular flexibility index (Phi) is 5.38. The zero-order chi connectivity index (χ0) is 21.3. The van der Waals surface area contributed by atoms with Gasteiger partial charge in [-0.3, -0.25) is 26.2 Å². The van der Waals surface area contributed by atoms with E-state index < -0.39 is 34.1 Å². The highest BCUT2D eigenvalue weighted by Crippen LogP contribution is 2.53. The lowest BCUT2D eigenvalue weighted by atomic mass is 9.94. The molecular formula is C17H21N6O5S+. The van der Waals surface area contributed by atoms with E-state index in [-0.39, 0.29) is 12.6 Å². The van der Waals surface area contributed by atoms with Gasteiger partial charge in [-0.2, -0.15) is 0 Å². The summed E-state index contributed by atoms with van der Waals surface area (Å²) in [5.41, 5.74) is 17.6. The lowest BCUT2D eigenvalue weighted by molar-refractivity contribution is -0.477. The number of rotatable bonds is 6. The molecule has 1 aromatic heterocycles. The number of primary amides is 1. The Morgan fingerprint density at radius 1 is 1.45 bits per heavy atom. The fraction of sp³-hybridized carbons (Fsp3) is 0.353. The van der Waals surface area contributed by atoms with Gasteiger partial charge < -0.3 is 20.5 Å². The monoisotopic (exact) mass is 421 g/mol. The first kappa shape index (κ1) is 20.5. The average molecular weight is 421 g/mol. The molecule has 2 saturated heterocycles. The summed E-state index contributed by atoms with van der Waals surface area (Å²) in [6, 6.07) is 2.39. The van der Waals surface area contributed by atoms with Gasteiger partial charge in [0.05, 0.1) is 22.6 Å². The molecule has 12 heteroatoms. The molecule has 0 aliphatic carbocycles. The maximum Gasteiger partial charge on any atom is 0.404 e. The van der Waals surface area contributed by atoms with Gasteiger partial charge in [0.1, 0.15) is 18.0 Å². The highest BCUT2D eigenvalue weighted by Gasteiger charge is 2.63. The number of nitrogens with two attached hydrogens (primary N) is 3. The first-order chi connectivity index (χ1) is 13.6. The smallest absolute Gasteiger partial charge is 0.404 e. The van der Waals surface area contributed by atoms with E-state index in [0.29, 0.717) is 17.8 Å². The maximum absolute atomic E-state index is 12.7. The van der Waals surface area contributed by atoms with E-state index in [0.717, 1.165) is 5.56 Å². The van der Waals surface area contributed by atoms with E-state index in [2.05, 4.69) is 9.98 Å². The molecule has 1 aromatic rings. The van der Waals surface area contributed by atoms with Crippen molar-refractivity contribution in [3.63, 3.8) is 0 Å². The Morgan fingerprint density at radius 3 is 2.79 bits per heavy atom. The number of amides is 2. The molecule has 2 unspecified atom stereocenters. The Labute approximate surface area is 170 Å². The number of ether oxygens (including phenoxy) is 1. The lowest BCUT2D eigenvalue weighted by Gasteiger charge is -2.39. The molecule has 2 fully saturated rings. The van der Waals surface area contributed by atoms with Crippen LogP contribution in [-0.2, 0) is 20.9 Å². The third-order valence-corrected chi connectivity index (χ3v) is 6.20. The number of carbonyl (C=O) groups excluding carboxylic acids is 2. The molecular weight excluding hydrogens is 400 g/mol. The highest BCUT2D eigenvalue weighted by atomic mass is 32.2. The van der Waals surface area contributed by atoms with E-state index >= 15 is 0 Å². The molecule has 3 atom stereocenters. The van der Waals surface area contributed by atoms with E-state index in [1.165, 1.54) is 16.7 Å². The zero-order valence-electron chi connectivity index (χ0n) is 15.5. The van der Waals surface area contributed by atoms with Crippen LogP contribution in [0.4, 0.5) is 4.79 Å². The number of hydrogen-bond acceptors (Lipinski definition) is 6. The summed E-state index contributed by atoms with van der Waals surface area (Å²) in [6.45, 7) is 1.79. The maximum atomic E-state index is 12.7. The normalized spacial score (nSPS) is 26.6. The lowest BCUT2D eigenvalue weighted by Crippen LogP contribution is -2.76. The van der Waals surface area contributed by atoms with Crippen molar-refractivity contribution in [2.24, 2.45) is 17.2 Å². The second kappa shape index (κ2) is 7.62. The van der Waals surface area contributed by atoms with Gasteiger partial charge in [-0.05, 0) is 30.7 Å². The minimum absolute atomic E-state index is 0.0889. The van der Waals surface area contributed by atoms with E-state index in [1.807, 2.05) is 0 Å². The quantitative estimate of drug-likeness (QED) is 0.144.